The van der Waals surface area contributed by atoms with Gasteiger partial charge in [-0.2, -0.15) is 0 Å². The number of rotatable bonds is 17. The van der Waals surface area contributed by atoms with Gasteiger partial charge in [0.1, 0.15) is 0 Å². The lowest BCUT2D eigenvalue weighted by Crippen LogP contribution is -2.25. The third kappa shape index (κ3) is 16.1. The Morgan fingerprint density at radius 1 is 0.808 bits per heavy atom. The Labute approximate surface area is 161 Å². The molecule has 26 heavy (non-hydrogen) atoms. The minimum absolute atomic E-state index is 0.228. The molecule has 0 rings (SSSR count). The lowest BCUT2D eigenvalue weighted by Gasteiger charge is -2.13. The molecule has 0 aliphatic carbocycles. The van der Waals surface area contributed by atoms with E-state index in [4.69, 9.17) is 9.47 Å². The SMILES string of the molecule is CC/C=C\C/C=C\C/C=C\CCCCCCCCC(OC)C(=O)OCC. The molecule has 0 fully saturated rings. The lowest BCUT2D eigenvalue weighted by molar-refractivity contribution is -0.155. The topological polar surface area (TPSA) is 35.5 Å². The fraction of sp³-hybridized carbons (Fsp3) is 0.696. The maximum atomic E-state index is 11.6. The van der Waals surface area contributed by atoms with Gasteiger partial charge in [-0.15, -0.1) is 0 Å². The van der Waals surface area contributed by atoms with E-state index in [0.29, 0.717) is 6.61 Å². The van der Waals surface area contributed by atoms with Crippen LogP contribution in [-0.2, 0) is 14.3 Å². The summed E-state index contributed by atoms with van der Waals surface area (Å²) >= 11 is 0. The van der Waals surface area contributed by atoms with Crippen LogP contribution in [0.15, 0.2) is 36.5 Å². The summed E-state index contributed by atoms with van der Waals surface area (Å²) in [6.07, 6.45) is 25.5. The number of carbonyl (C=O) groups excluding carboxylic acids is 1. The van der Waals surface area contributed by atoms with Crippen LogP contribution in [-0.4, -0.2) is 25.8 Å². The maximum absolute atomic E-state index is 11.6. The molecule has 0 aliphatic rings. The summed E-state index contributed by atoms with van der Waals surface area (Å²) < 4.78 is 10.2. The predicted molar refractivity (Wildman–Crippen MR) is 111 cm³/mol. The van der Waals surface area contributed by atoms with Crippen LogP contribution < -0.4 is 0 Å². The van der Waals surface area contributed by atoms with Crippen molar-refractivity contribution >= 4 is 5.97 Å². The highest BCUT2D eigenvalue weighted by Crippen LogP contribution is 2.12. The molecule has 0 aliphatic heterocycles. The van der Waals surface area contributed by atoms with E-state index in [1.807, 2.05) is 6.92 Å². The molecule has 0 aromatic rings. The van der Waals surface area contributed by atoms with Gasteiger partial charge in [-0.1, -0.05) is 75.5 Å². The summed E-state index contributed by atoms with van der Waals surface area (Å²) in [7, 11) is 1.58. The molecular weight excluding hydrogens is 324 g/mol. The Morgan fingerprint density at radius 2 is 1.38 bits per heavy atom. The highest BCUT2D eigenvalue weighted by atomic mass is 16.6. The van der Waals surface area contributed by atoms with Crippen LogP contribution in [0.1, 0.15) is 84.5 Å². The molecule has 0 amide bonds. The fourth-order valence-corrected chi connectivity index (χ4v) is 2.69. The summed E-state index contributed by atoms with van der Waals surface area (Å²) in [5.74, 6) is -0.228. The molecule has 1 unspecified atom stereocenters. The summed E-state index contributed by atoms with van der Waals surface area (Å²) in [5, 5.41) is 0. The van der Waals surface area contributed by atoms with Gasteiger partial charge in [0.15, 0.2) is 6.10 Å². The van der Waals surface area contributed by atoms with Gasteiger partial charge in [-0.05, 0) is 45.4 Å². The molecule has 1 atom stereocenters. The minimum atomic E-state index is -0.392. The summed E-state index contributed by atoms with van der Waals surface area (Å²) in [6, 6.07) is 0. The van der Waals surface area contributed by atoms with Crippen LogP contribution in [0.3, 0.4) is 0 Å². The van der Waals surface area contributed by atoms with Gasteiger partial charge < -0.3 is 9.47 Å². The highest BCUT2D eigenvalue weighted by molar-refractivity contribution is 5.74. The molecule has 150 valence electrons. The molecule has 0 spiro atoms. The molecule has 3 nitrogen and oxygen atoms in total. The van der Waals surface area contributed by atoms with Gasteiger partial charge in [0, 0.05) is 7.11 Å². The summed E-state index contributed by atoms with van der Waals surface area (Å²) in [6.45, 7) is 4.40. The van der Waals surface area contributed by atoms with Crippen LogP contribution >= 0.6 is 0 Å². The van der Waals surface area contributed by atoms with E-state index >= 15 is 0 Å². The van der Waals surface area contributed by atoms with Gasteiger partial charge in [0.2, 0.25) is 0 Å². The van der Waals surface area contributed by atoms with Crippen molar-refractivity contribution in [3.05, 3.63) is 36.5 Å². The molecule has 3 heteroatoms. The standard InChI is InChI=1S/C23H40O3/c1-4-6-7-8-9-10-11-12-13-14-15-16-17-18-19-20-21-22(25-3)23(24)26-5-2/h6-7,9-10,12-13,22H,4-5,8,11,14-21H2,1-3H3/b7-6-,10-9-,13-12-. The zero-order chi connectivity index (χ0) is 19.3. The van der Waals surface area contributed by atoms with Crippen molar-refractivity contribution in [3.63, 3.8) is 0 Å². The van der Waals surface area contributed by atoms with E-state index in [-0.39, 0.29) is 5.97 Å². The van der Waals surface area contributed by atoms with Gasteiger partial charge in [0.25, 0.3) is 0 Å². The van der Waals surface area contributed by atoms with Crippen molar-refractivity contribution in [3.8, 4) is 0 Å². The predicted octanol–water partition coefficient (Wildman–Crippen LogP) is 6.54. The Kier molecular flexibility index (Phi) is 18.9. The number of esters is 1. The molecular formula is C23H40O3. The third-order valence-corrected chi connectivity index (χ3v) is 4.20. The van der Waals surface area contributed by atoms with E-state index in [2.05, 4.69) is 43.4 Å². The molecule has 0 saturated heterocycles. The second-order valence-corrected chi connectivity index (χ2v) is 6.47. The number of unbranched alkanes of at least 4 members (excludes halogenated alkanes) is 6. The van der Waals surface area contributed by atoms with Gasteiger partial charge in [-0.3, -0.25) is 0 Å². The Balaban J connectivity index is 3.44. The number of hydrogen-bond donors (Lipinski definition) is 0. The van der Waals surface area contributed by atoms with Gasteiger partial charge in [0.05, 0.1) is 6.61 Å². The van der Waals surface area contributed by atoms with E-state index in [9.17, 15) is 4.79 Å². The largest absolute Gasteiger partial charge is 0.464 e. The van der Waals surface area contributed by atoms with E-state index < -0.39 is 6.10 Å². The van der Waals surface area contributed by atoms with Gasteiger partial charge >= 0.3 is 5.97 Å². The number of methoxy groups -OCH3 is 1. The molecule has 0 heterocycles. The molecule has 0 aromatic carbocycles. The fourth-order valence-electron chi connectivity index (χ4n) is 2.69. The Bertz CT molecular complexity index is 396. The van der Waals surface area contributed by atoms with Crippen molar-refractivity contribution in [2.45, 2.75) is 90.6 Å². The maximum Gasteiger partial charge on any atom is 0.335 e. The third-order valence-electron chi connectivity index (χ3n) is 4.20. The second kappa shape index (κ2) is 20.0. The first-order valence-electron chi connectivity index (χ1n) is 10.4. The van der Waals surface area contributed by atoms with Crippen molar-refractivity contribution in [1.29, 1.82) is 0 Å². The number of carbonyl (C=O) groups is 1. The van der Waals surface area contributed by atoms with Crippen molar-refractivity contribution < 1.29 is 14.3 Å². The van der Waals surface area contributed by atoms with Crippen LogP contribution in [0.25, 0.3) is 0 Å². The molecule has 0 radical (unpaired) electrons. The zero-order valence-corrected chi connectivity index (χ0v) is 17.3. The lowest BCUT2D eigenvalue weighted by atomic mass is 10.1. The van der Waals surface area contributed by atoms with Crippen LogP contribution in [0.5, 0.6) is 0 Å². The minimum Gasteiger partial charge on any atom is -0.464 e. The first kappa shape index (κ1) is 24.7. The number of allylic oxidation sites excluding steroid dienone is 6. The summed E-state index contributed by atoms with van der Waals surface area (Å²) in [5.41, 5.74) is 0. The van der Waals surface area contributed by atoms with Gasteiger partial charge in [-0.25, -0.2) is 4.79 Å². The Morgan fingerprint density at radius 3 is 2.00 bits per heavy atom. The average molecular weight is 365 g/mol. The highest BCUT2D eigenvalue weighted by Gasteiger charge is 2.17. The van der Waals surface area contributed by atoms with E-state index in [1.54, 1.807) is 7.11 Å². The smallest absolute Gasteiger partial charge is 0.335 e. The number of hydrogen-bond acceptors (Lipinski definition) is 3. The number of ether oxygens (including phenoxy) is 2. The molecule has 0 bridgehead atoms. The molecule has 0 N–H and O–H groups in total. The zero-order valence-electron chi connectivity index (χ0n) is 17.3. The van der Waals surface area contributed by atoms with Crippen molar-refractivity contribution in [1.82, 2.24) is 0 Å². The Hall–Kier alpha value is -1.35. The van der Waals surface area contributed by atoms with E-state index in [1.165, 1.54) is 32.1 Å². The summed E-state index contributed by atoms with van der Waals surface area (Å²) in [4.78, 5) is 11.6. The van der Waals surface area contributed by atoms with Crippen LogP contribution in [0.4, 0.5) is 0 Å². The van der Waals surface area contributed by atoms with Crippen LogP contribution in [0.2, 0.25) is 0 Å². The second-order valence-electron chi connectivity index (χ2n) is 6.47. The van der Waals surface area contributed by atoms with Crippen molar-refractivity contribution in [2.75, 3.05) is 13.7 Å². The first-order chi connectivity index (χ1) is 12.8. The van der Waals surface area contributed by atoms with Crippen molar-refractivity contribution in [2.24, 2.45) is 0 Å². The molecule has 0 aromatic heterocycles. The normalized spacial score (nSPS) is 13.2. The monoisotopic (exact) mass is 364 g/mol. The first-order valence-corrected chi connectivity index (χ1v) is 10.4. The molecule has 0 saturated carbocycles. The van der Waals surface area contributed by atoms with E-state index in [0.717, 1.165) is 38.5 Å². The average Bonchev–Trinajstić information content (AvgIpc) is 2.64. The quantitative estimate of drug-likeness (QED) is 0.167. The van der Waals surface area contributed by atoms with Crippen LogP contribution in [0, 0.1) is 0 Å².